The van der Waals surface area contributed by atoms with Crippen LogP contribution in [0.4, 0.5) is 0 Å². The first-order chi connectivity index (χ1) is 11.8. The lowest BCUT2D eigenvalue weighted by Gasteiger charge is -2.11. The number of hydrogen-bond acceptors (Lipinski definition) is 5. The van der Waals surface area contributed by atoms with E-state index in [0.29, 0.717) is 24.3 Å². The van der Waals surface area contributed by atoms with Gasteiger partial charge >= 0.3 is 11.9 Å². The van der Waals surface area contributed by atoms with Gasteiger partial charge in [-0.2, -0.15) is 0 Å². The molecule has 0 heterocycles. The minimum atomic E-state index is -0.284. The van der Waals surface area contributed by atoms with Crippen LogP contribution in [0.2, 0.25) is 0 Å². The fourth-order valence-corrected chi connectivity index (χ4v) is 2.09. The normalized spacial score (nSPS) is 11.2. The maximum atomic E-state index is 11.8. The molecule has 0 saturated heterocycles. The lowest BCUT2D eigenvalue weighted by Crippen LogP contribution is -2.11. The number of esters is 2. The van der Waals surface area contributed by atoms with Crippen LogP contribution in [0.1, 0.15) is 46.1 Å². The summed E-state index contributed by atoms with van der Waals surface area (Å²) in [5, 5.41) is 0. The zero-order chi connectivity index (χ0) is 18.8. The van der Waals surface area contributed by atoms with Gasteiger partial charge < -0.3 is 14.2 Å². The first kappa shape index (κ1) is 20.7. The second-order valence-corrected chi connectivity index (χ2v) is 6.67. The van der Waals surface area contributed by atoms with Gasteiger partial charge in [-0.15, -0.1) is 0 Å². The monoisotopic (exact) mass is 348 g/mol. The molecule has 0 amide bonds. The SMILES string of the molecule is COc1cc(/C=C/COC(=O)CC(C)C)ccc1OC(=O)CC(C)C. The van der Waals surface area contributed by atoms with Crippen LogP contribution in [-0.2, 0) is 14.3 Å². The van der Waals surface area contributed by atoms with E-state index in [-0.39, 0.29) is 30.4 Å². The summed E-state index contributed by atoms with van der Waals surface area (Å²) in [6.07, 6.45) is 4.35. The lowest BCUT2D eigenvalue weighted by atomic mass is 10.1. The summed E-state index contributed by atoms with van der Waals surface area (Å²) in [6, 6.07) is 5.28. The average molecular weight is 348 g/mol. The highest BCUT2D eigenvalue weighted by atomic mass is 16.6. The highest BCUT2D eigenvalue weighted by molar-refractivity contribution is 5.74. The topological polar surface area (TPSA) is 61.8 Å². The number of benzene rings is 1. The van der Waals surface area contributed by atoms with Crippen LogP contribution in [0.25, 0.3) is 6.08 Å². The van der Waals surface area contributed by atoms with Crippen LogP contribution in [0.5, 0.6) is 11.5 Å². The molecule has 1 aromatic carbocycles. The van der Waals surface area contributed by atoms with Crippen LogP contribution in [0.15, 0.2) is 24.3 Å². The summed E-state index contributed by atoms with van der Waals surface area (Å²) in [5.74, 6) is 0.911. The van der Waals surface area contributed by atoms with Gasteiger partial charge in [-0.05, 0) is 35.6 Å². The Labute approximate surface area is 150 Å². The molecule has 0 aromatic heterocycles. The summed E-state index contributed by atoms with van der Waals surface area (Å²) in [4.78, 5) is 23.3. The van der Waals surface area contributed by atoms with Crippen molar-refractivity contribution < 1.29 is 23.8 Å². The number of hydrogen-bond donors (Lipinski definition) is 0. The minimum absolute atomic E-state index is 0.204. The first-order valence-electron chi connectivity index (χ1n) is 8.52. The van der Waals surface area contributed by atoms with E-state index in [2.05, 4.69) is 0 Å². The molecule has 1 aromatic rings. The predicted molar refractivity (Wildman–Crippen MR) is 97.5 cm³/mol. The van der Waals surface area contributed by atoms with Gasteiger partial charge in [-0.25, -0.2) is 0 Å². The van der Waals surface area contributed by atoms with Gasteiger partial charge in [-0.3, -0.25) is 9.59 Å². The average Bonchev–Trinajstić information content (AvgIpc) is 2.51. The van der Waals surface area contributed by atoms with Crippen LogP contribution in [0, 0.1) is 11.8 Å². The Kier molecular flexibility index (Phi) is 8.75. The summed E-state index contributed by atoms with van der Waals surface area (Å²) >= 11 is 0. The molecular weight excluding hydrogens is 320 g/mol. The number of carbonyl (C=O) groups excluding carboxylic acids is 2. The van der Waals surface area contributed by atoms with E-state index in [1.54, 1.807) is 18.2 Å². The molecule has 5 heteroatoms. The molecule has 5 nitrogen and oxygen atoms in total. The van der Waals surface area contributed by atoms with Crippen molar-refractivity contribution in [1.82, 2.24) is 0 Å². The molecule has 0 fully saturated rings. The molecule has 25 heavy (non-hydrogen) atoms. The van der Waals surface area contributed by atoms with Crippen molar-refractivity contribution in [3.05, 3.63) is 29.8 Å². The van der Waals surface area contributed by atoms with Crippen LogP contribution in [0.3, 0.4) is 0 Å². The second-order valence-electron chi connectivity index (χ2n) is 6.67. The number of ether oxygens (including phenoxy) is 3. The summed E-state index contributed by atoms with van der Waals surface area (Å²) in [6.45, 7) is 8.08. The molecule has 0 atom stereocenters. The maximum absolute atomic E-state index is 11.8. The standard InChI is InChI=1S/C20H28O5/c1-14(2)11-19(21)24-10-6-7-16-8-9-17(18(13-16)23-5)25-20(22)12-15(3)4/h6-9,13-15H,10-12H2,1-5H3/b7-6+. The molecule has 0 N–H and O–H groups in total. The third-order valence-electron chi connectivity index (χ3n) is 3.21. The number of carbonyl (C=O) groups is 2. The highest BCUT2D eigenvalue weighted by Crippen LogP contribution is 2.29. The zero-order valence-corrected chi connectivity index (χ0v) is 15.7. The molecule has 0 saturated carbocycles. The zero-order valence-electron chi connectivity index (χ0n) is 15.7. The van der Waals surface area contributed by atoms with Crippen molar-refractivity contribution in [2.24, 2.45) is 11.8 Å². The van der Waals surface area contributed by atoms with Gasteiger partial charge in [0.25, 0.3) is 0 Å². The van der Waals surface area contributed by atoms with Crippen molar-refractivity contribution in [1.29, 1.82) is 0 Å². The van der Waals surface area contributed by atoms with Gasteiger partial charge in [0.15, 0.2) is 11.5 Å². The largest absolute Gasteiger partial charge is 0.493 e. The van der Waals surface area contributed by atoms with E-state index in [4.69, 9.17) is 14.2 Å². The van der Waals surface area contributed by atoms with Crippen molar-refractivity contribution >= 4 is 18.0 Å². The van der Waals surface area contributed by atoms with E-state index < -0.39 is 0 Å². The third kappa shape index (κ3) is 8.38. The van der Waals surface area contributed by atoms with Crippen molar-refractivity contribution in [3.8, 4) is 11.5 Å². The van der Waals surface area contributed by atoms with Crippen LogP contribution in [-0.4, -0.2) is 25.7 Å². The van der Waals surface area contributed by atoms with Gasteiger partial charge in [0.1, 0.15) is 6.61 Å². The van der Waals surface area contributed by atoms with E-state index >= 15 is 0 Å². The van der Waals surface area contributed by atoms with Crippen LogP contribution >= 0.6 is 0 Å². The van der Waals surface area contributed by atoms with E-state index in [1.165, 1.54) is 7.11 Å². The molecule has 0 aliphatic carbocycles. The lowest BCUT2D eigenvalue weighted by molar-refractivity contribution is -0.143. The second kappa shape index (κ2) is 10.5. The number of rotatable bonds is 9. The predicted octanol–water partition coefficient (Wildman–Crippen LogP) is 4.25. The molecule has 0 spiro atoms. The van der Waals surface area contributed by atoms with Crippen molar-refractivity contribution in [2.45, 2.75) is 40.5 Å². The van der Waals surface area contributed by atoms with Gasteiger partial charge in [0.2, 0.25) is 0 Å². The van der Waals surface area contributed by atoms with E-state index in [9.17, 15) is 9.59 Å². The Bertz CT molecular complexity index is 602. The minimum Gasteiger partial charge on any atom is -0.493 e. The number of methoxy groups -OCH3 is 1. The quantitative estimate of drug-likeness (QED) is 0.493. The summed E-state index contributed by atoms with van der Waals surface area (Å²) in [7, 11) is 1.52. The molecule has 138 valence electrons. The van der Waals surface area contributed by atoms with Crippen molar-refractivity contribution in [2.75, 3.05) is 13.7 Å². The Hall–Kier alpha value is -2.30. The summed E-state index contributed by atoms with van der Waals surface area (Å²) in [5.41, 5.74) is 0.861. The highest BCUT2D eigenvalue weighted by Gasteiger charge is 2.12. The Morgan fingerprint density at radius 2 is 1.64 bits per heavy atom. The van der Waals surface area contributed by atoms with Gasteiger partial charge in [-0.1, -0.05) is 39.8 Å². The summed E-state index contributed by atoms with van der Waals surface area (Å²) < 4.78 is 15.7. The molecule has 1 rings (SSSR count). The first-order valence-corrected chi connectivity index (χ1v) is 8.52. The Morgan fingerprint density at radius 1 is 1.00 bits per heavy atom. The fourth-order valence-electron chi connectivity index (χ4n) is 2.09. The molecule has 0 bridgehead atoms. The van der Waals surface area contributed by atoms with Crippen LogP contribution < -0.4 is 9.47 Å². The molecule has 0 unspecified atom stereocenters. The molecular formula is C20H28O5. The molecule has 0 aliphatic heterocycles. The van der Waals surface area contributed by atoms with Gasteiger partial charge in [0, 0.05) is 12.8 Å². The Morgan fingerprint density at radius 3 is 2.24 bits per heavy atom. The Balaban J connectivity index is 2.63. The van der Waals surface area contributed by atoms with E-state index in [0.717, 1.165) is 5.56 Å². The van der Waals surface area contributed by atoms with Crippen molar-refractivity contribution in [3.63, 3.8) is 0 Å². The smallest absolute Gasteiger partial charge is 0.311 e. The molecule has 0 aliphatic rings. The van der Waals surface area contributed by atoms with Gasteiger partial charge in [0.05, 0.1) is 7.11 Å². The third-order valence-corrected chi connectivity index (χ3v) is 3.21. The maximum Gasteiger partial charge on any atom is 0.311 e. The molecule has 0 radical (unpaired) electrons. The van der Waals surface area contributed by atoms with E-state index in [1.807, 2.05) is 39.8 Å². The fraction of sp³-hybridized carbons (Fsp3) is 0.500.